The summed E-state index contributed by atoms with van der Waals surface area (Å²) in [5.74, 6) is -15.3. The topological polar surface area (TPSA) is 410 Å². The van der Waals surface area contributed by atoms with Gasteiger partial charge in [0, 0.05) is 32.6 Å². The van der Waals surface area contributed by atoms with Crippen LogP contribution in [0.15, 0.2) is 30.3 Å². The van der Waals surface area contributed by atoms with E-state index in [0.717, 1.165) is 13.8 Å². The van der Waals surface area contributed by atoms with Gasteiger partial charge in [0.1, 0.15) is 36.3 Å². The van der Waals surface area contributed by atoms with E-state index in [1.54, 1.807) is 30.3 Å². The van der Waals surface area contributed by atoms with Crippen LogP contribution >= 0.6 is 0 Å². The molecule has 1 aromatic carbocycles. The normalized spacial score (nSPS) is 14.1. The molecule has 0 aromatic heterocycles. The average molecular weight is 868 g/mol. The number of aliphatic hydroxyl groups excluding tert-OH is 1. The molecule has 0 aliphatic carbocycles. The molecule has 0 unspecified atom stereocenters. The van der Waals surface area contributed by atoms with Crippen molar-refractivity contribution in [2.75, 3.05) is 6.54 Å². The zero-order chi connectivity index (χ0) is 46.4. The van der Waals surface area contributed by atoms with Gasteiger partial charge in [-0.25, -0.2) is 4.79 Å². The van der Waals surface area contributed by atoms with E-state index in [2.05, 4.69) is 37.2 Å². The third-order valence-corrected chi connectivity index (χ3v) is 8.31. The summed E-state index contributed by atoms with van der Waals surface area (Å²) in [6.07, 6.45) is -6.87. The Hall–Kier alpha value is -7.18. The van der Waals surface area contributed by atoms with Crippen molar-refractivity contribution < 1.29 is 88.2 Å². The molecule has 61 heavy (non-hydrogen) atoms. The fraction of sp³-hybridized carbons (Fsp3) is 0.500. The first-order chi connectivity index (χ1) is 28.5. The predicted molar refractivity (Wildman–Crippen MR) is 203 cm³/mol. The van der Waals surface area contributed by atoms with E-state index in [4.69, 9.17) is 10.2 Å². The molecule has 0 aliphatic heterocycles. The Bertz CT molecular complexity index is 1770. The number of aliphatic carboxylic acids is 5. The number of carbonyl (C=O) groups excluding carboxylic acids is 7. The van der Waals surface area contributed by atoms with Crippen LogP contribution in [-0.2, 0) is 64.0 Å². The fourth-order valence-electron chi connectivity index (χ4n) is 5.29. The summed E-state index contributed by atoms with van der Waals surface area (Å²) in [4.78, 5) is 147. The summed E-state index contributed by atoms with van der Waals surface area (Å²) in [7, 11) is 0. The van der Waals surface area contributed by atoms with Gasteiger partial charge in [0.2, 0.25) is 41.4 Å². The van der Waals surface area contributed by atoms with Gasteiger partial charge in [-0.1, -0.05) is 30.3 Å². The molecule has 1 aromatic rings. The molecule has 0 fully saturated rings. The minimum atomic E-state index is -1.91. The minimum absolute atomic E-state index is 0.165. The zero-order valence-electron chi connectivity index (χ0n) is 32.9. The predicted octanol–water partition coefficient (Wildman–Crippen LogP) is -4.19. The zero-order valence-corrected chi connectivity index (χ0v) is 32.9. The fourth-order valence-corrected chi connectivity index (χ4v) is 5.29. The largest absolute Gasteiger partial charge is 0.481 e. The lowest BCUT2D eigenvalue weighted by Crippen LogP contribution is -2.60. The molecule has 0 bridgehead atoms. The van der Waals surface area contributed by atoms with Crippen LogP contribution in [0.3, 0.4) is 0 Å². The molecular formula is C36H49N7O18. The van der Waals surface area contributed by atoms with Crippen molar-refractivity contribution in [3.8, 4) is 0 Å². The number of carboxylic acids is 5. The van der Waals surface area contributed by atoms with Gasteiger partial charge in [0.25, 0.3) is 0 Å². The smallest absolute Gasteiger partial charge is 0.326 e. The molecule has 0 saturated heterocycles. The van der Waals surface area contributed by atoms with Crippen LogP contribution in [0, 0.1) is 0 Å². The van der Waals surface area contributed by atoms with Crippen LogP contribution in [0.1, 0.15) is 64.4 Å². The summed E-state index contributed by atoms with van der Waals surface area (Å²) in [6, 6.07) is -2.23. The molecule has 1 rings (SSSR count). The van der Waals surface area contributed by atoms with E-state index >= 15 is 0 Å². The molecule has 0 radical (unpaired) electrons. The monoisotopic (exact) mass is 867 g/mol. The highest BCUT2D eigenvalue weighted by Crippen LogP contribution is 2.08. The van der Waals surface area contributed by atoms with Crippen molar-refractivity contribution in [1.82, 2.24) is 37.2 Å². The van der Waals surface area contributed by atoms with Gasteiger partial charge in [-0.2, -0.15) is 0 Å². The van der Waals surface area contributed by atoms with Gasteiger partial charge in [-0.05, 0) is 31.7 Å². The molecular weight excluding hydrogens is 818 g/mol. The number of carboxylic acid groups (broad SMARTS) is 5. The highest BCUT2D eigenvalue weighted by Gasteiger charge is 2.34. The number of nitrogens with one attached hydrogen (secondary N) is 7. The van der Waals surface area contributed by atoms with Crippen molar-refractivity contribution in [3.63, 3.8) is 0 Å². The van der Waals surface area contributed by atoms with Crippen LogP contribution in [-0.4, -0.2) is 151 Å². The second-order valence-electron chi connectivity index (χ2n) is 13.4. The Balaban J connectivity index is 3.17. The van der Waals surface area contributed by atoms with E-state index in [-0.39, 0.29) is 6.42 Å². The highest BCUT2D eigenvalue weighted by atomic mass is 16.4. The summed E-state index contributed by atoms with van der Waals surface area (Å²) in [5, 5.41) is 71.6. The summed E-state index contributed by atoms with van der Waals surface area (Å²) < 4.78 is 0. The lowest BCUT2D eigenvalue weighted by atomic mass is 10.0. The Kier molecular flexibility index (Phi) is 22.1. The van der Waals surface area contributed by atoms with E-state index in [1.165, 1.54) is 0 Å². The first kappa shape index (κ1) is 51.8. The highest BCUT2D eigenvalue weighted by molar-refractivity contribution is 5.97. The number of carbonyl (C=O) groups is 12. The number of aliphatic hydroxyl groups is 1. The lowest BCUT2D eigenvalue weighted by Gasteiger charge is -2.27. The quantitative estimate of drug-likeness (QED) is 0.0380. The molecule has 0 heterocycles. The van der Waals surface area contributed by atoms with Crippen molar-refractivity contribution in [3.05, 3.63) is 35.9 Å². The molecule has 336 valence electrons. The van der Waals surface area contributed by atoms with Gasteiger partial charge in [-0.15, -0.1) is 0 Å². The van der Waals surface area contributed by atoms with Crippen molar-refractivity contribution in [1.29, 1.82) is 0 Å². The van der Waals surface area contributed by atoms with E-state index in [0.29, 0.717) is 5.56 Å². The maximum atomic E-state index is 13.4. The first-order valence-electron chi connectivity index (χ1n) is 18.4. The van der Waals surface area contributed by atoms with Gasteiger partial charge < -0.3 is 67.9 Å². The minimum Gasteiger partial charge on any atom is -0.481 e. The van der Waals surface area contributed by atoms with E-state index in [1.807, 2.05) is 0 Å². The van der Waals surface area contributed by atoms with E-state index < -0.39 is 165 Å². The Morgan fingerprint density at radius 1 is 0.525 bits per heavy atom. The first-order valence-corrected chi connectivity index (χ1v) is 18.4. The lowest BCUT2D eigenvalue weighted by molar-refractivity contribution is -0.143. The van der Waals surface area contributed by atoms with Crippen LogP contribution in [0.2, 0.25) is 0 Å². The number of amides is 7. The second-order valence-corrected chi connectivity index (χ2v) is 13.4. The molecule has 25 nitrogen and oxygen atoms in total. The number of benzene rings is 1. The Labute approximate surface area is 346 Å². The second kappa shape index (κ2) is 26.0. The van der Waals surface area contributed by atoms with Crippen molar-refractivity contribution in [2.45, 2.75) is 108 Å². The van der Waals surface area contributed by atoms with Crippen LogP contribution < -0.4 is 37.2 Å². The summed E-state index contributed by atoms with van der Waals surface area (Å²) in [6.45, 7) is 1.04. The molecule has 13 N–H and O–H groups in total. The number of rotatable bonds is 28. The SMILES string of the molecule is CC(=O)N[C@@H](CC(=O)O)C(=O)N[C@@H](CCC(=O)O)C(=O)N[C@@H](CCC(=O)O)C(=O)N[C@H](C(=O)NCC(=O)N[C@@H](CCC(=O)O)C(=O)N[C@@H](Cc1ccccc1)C(=O)O)[C@@H](C)O. The Morgan fingerprint density at radius 2 is 0.951 bits per heavy atom. The molecule has 0 aliphatic rings. The van der Waals surface area contributed by atoms with Crippen molar-refractivity contribution >= 4 is 71.2 Å². The standard InChI is InChI=1S/C36H49N7O18/c1-17(44)30(35(59)37-16-25(46)39-20(8-11-26(47)48)31(55)42-24(36(60)61)14-19-6-4-3-5-7-19)43-33(57)22(10-13-28(51)52)40-32(56)21(9-12-27(49)50)41-34(58)23(15-29(53)54)38-18(2)45/h3-7,17,20-24,30,44H,8-16H2,1-2H3,(H,37,59)(H,38,45)(H,39,46)(H,40,56)(H,41,58)(H,42,55)(H,43,57)(H,47,48)(H,49,50)(H,51,52)(H,53,54)(H,60,61)/t17-,20+,21+,22+,23+,24+,30+/m1/s1. The van der Waals surface area contributed by atoms with Gasteiger partial charge in [0.05, 0.1) is 19.1 Å². The molecule has 0 saturated carbocycles. The molecule has 0 spiro atoms. The van der Waals surface area contributed by atoms with Crippen LogP contribution in [0.25, 0.3) is 0 Å². The Morgan fingerprint density at radius 3 is 1.36 bits per heavy atom. The summed E-state index contributed by atoms with van der Waals surface area (Å²) in [5.41, 5.74) is 0.538. The van der Waals surface area contributed by atoms with Crippen molar-refractivity contribution in [2.24, 2.45) is 0 Å². The molecule has 7 atom stereocenters. The van der Waals surface area contributed by atoms with Crippen LogP contribution in [0.5, 0.6) is 0 Å². The molecule has 25 heteroatoms. The van der Waals surface area contributed by atoms with Gasteiger partial charge in [-0.3, -0.25) is 52.7 Å². The molecule has 7 amide bonds. The van der Waals surface area contributed by atoms with Gasteiger partial charge >= 0.3 is 29.8 Å². The number of hydrogen-bond acceptors (Lipinski definition) is 13. The average Bonchev–Trinajstić information content (AvgIpc) is 3.16. The number of hydrogen-bond donors (Lipinski definition) is 13. The van der Waals surface area contributed by atoms with Gasteiger partial charge in [0.15, 0.2) is 0 Å². The third-order valence-electron chi connectivity index (χ3n) is 8.31. The maximum absolute atomic E-state index is 13.4. The maximum Gasteiger partial charge on any atom is 0.326 e. The van der Waals surface area contributed by atoms with Crippen LogP contribution in [0.4, 0.5) is 0 Å². The van der Waals surface area contributed by atoms with E-state index in [9.17, 15) is 78.0 Å². The summed E-state index contributed by atoms with van der Waals surface area (Å²) >= 11 is 0. The third kappa shape index (κ3) is 20.9.